The van der Waals surface area contributed by atoms with Crippen LogP contribution in [0.4, 0.5) is 0 Å². The van der Waals surface area contributed by atoms with Gasteiger partial charge >= 0.3 is 5.97 Å². The Morgan fingerprint density at radius 2 is 2.20 bits per heavy atom. The molecule has 1 aliphatic heterocycles. The predicted octanol–water partition coefficient (Wildman–Crippen LogP) is 2.77. The zero-order chi connectivity index (χ0) is 14.3. The molecule has 0 bridgehead atoms. The van der Waals surface area contributed by atoms with Crippen LogP contribution in [-0.2, 0) is 11.2 Å². The molecule has 3 N–H and O–H groups in total. The number of allylic oxidation sites excluding steroid dienone is 1. The summed E-state index contributed by atoms with van der Waals surface area (Å²) >= 11 is 0. The lowest BCUT2D eigenvalue weighted by molar-refractivity contribution is -0.139. The Bertz CT molecular complexity index is 696. The fourth-order valence-corrected chi connectivity index (χ4v) is 2.92. The van der Waals surface area contributed by atoms with E-state index in [2.05, 4.69) is 22.4 Å². The van der Waals surface area contributed by atoms with E-state index < -0.39 is 12.0 Å². The molecule has 104 valence electrons. The molecule has 0 saturated carbocycles. The number of aromatic nitrogens is 1. The molecule has 2 aromatic rings. The first-order chi connectivity index (χ1) is 9.56. The lowest BCUT2D eigenvalue weighted by Gasteiger charge is -2.19. The van der Waals surface area contributed by atoms with Crippen LogP contribution in [-0.4, -0.2) is 22.1 Å². The van der Waals surface area contributed by atoms with Crippen molar-refractivity contribution in [3.05, 3.63) is 47.2 Å². The van der Waals surface area contributed by atoms with E-state index in [1.165, 1.54) is 5.57 Å². The van der Waals surface area contributed by atoms with Crippen molar-refractivity contribution in [3.63, 3.8) is 0 Å². The summed E-state index contributed by atoms with van der Waals surface area (Å²) in [5, 5.41) is 13.8. The number of aliphatic carboxylic acids is 1. The van der Waals surface area contributed by atoms with Gasteiger partial charge in [-0.05, 0) is 31.0 Å². The van der Waals surface area contributed by atoms with Gasteiger partial charge in [-0.1, -0.05) is 23.8 Å². The number of benzene rings is 1. The van der Waals surface area contributed by atoms with Crippen molar-refractivity contribution in [3.8, 4) is 0 Å². The van der Waals surface area contributed by atoms with Gasteiger partial charge < -0.3 is 10.1 Å². The van der Waals surface area contributed by atoms with Gasteiger partial charge in [-0.15, -0.1) is 0 Å². The van der Waals surface area contributed by atoms with Gasteiger partial charge in [-0.3, -0.25) is 10.1 Å². The van der Waals surface area contributed by atoms with Crippen molar-refractivity contribution in [2.45, 2.75) is 32.4 Å². The number of hydrogen-bond acceptors (Lipinski definition) is 2. The highest BCUT2D eigenvalue weighted by molar-refractivity contribution is 5.89. The molecular formula is C16H18N2O2. The van der Waals surface area contributed by atoms with Crippen LogP contribution in [0.2, 0.25) is 0 Å². The zero-order valence-electron chi connectivity index (χ0n) is 11.6. The van der Waals surface area contributed by atoms with Crippen molar-refractivity contribution in [1.29, 1.82) is 0 Å². The fourth-order valence-electron chi connectivity index (χ4n) is 2.92. The largest absolute Gasteiger partial charge is 0.480 e. The Kier molecular flexibility index (Phi) is 3.10. The number of hydrogen-bond donors (Lipinski definition) is 3. The summed E-state index contributed by atoms with van der Waals surface area (Å²) in [6.07, 6.45) is 4.52. The molecule has 3 rings (SSSR count). The van der Waals surface area contributed by atoms with Crippen LogP contribution < -0.4 is 5.32 Å². The van der Waals surface area contributed by atoms with Gasteiger partial charge in [-0.25, -0.2) is 0 Å². The number of nitrogens with one attached hydrogen (secondary N) is 2. The van der Waals surface area contributed by atoms with Gasteiger partial charge in [0.15, 0.2) is 0 Å². The fraction of sp³-hybridized carbons (Fsp3) is 0.312. The first-order valence-corrected chi connectivity index (χ1v) is 6.79. The third kappa shape index (κ3) is 2.12. The van der Waals surface area contributed by atoms with Gasteiger partial charge in [0, 0.05) is 23.5 Å². The van der Waals surface area contributed by atoms with E-state index in [-0.39, 0.29) is 6.04 Å². The molecule has 0 radical (unpaired) electrons. The quantitative estimate of drug-likeness (QED) is 0.735. The summed E-state index contributed by atoms with van der Waals surface area (Å²) in [6, 6.07) is 5.47. The highest BCUT2D eigenvalue weighted by atomic mass is 16.4. The molecule has 20 heavy (non-hydrogen) atoms. The molecule has 0 aliphatic carbocycles. The van der Waals surface area contributed by atoms with Crippen molar-refractivity contribution in [1.82, 2.24) is 10.3 Å². The third-order valence-electron chi connectivity index (χ3n) is 3.76. The van der Waals surface area contributed by atoms with Crippen LogP contribution in [0.25, 0.3) is 10.9 Å². The maximum Gasteiger partial charge on any atom is 0.321 e. The van der Waals surface area contributed by atoms with Gasteiger partial charge in [0.25, 0.3) is 0 Å². The van der Waals surface area contributed by atoms with Gasteiger partial charge in [-0.2, -0.15) is 0 Å². The summed E-state index contributed by atoms with van der Waals surface area (Å²) in [5.74, 6) is -0.806. The third-order valence-corrected chi connectivity index (χ3v) is 3.76. The van der Waals surface area contributed by atoms with Crippen molar-refractivity contribution < 1.29 is 9.90 Å². The molecule has 4 nitrogen and oxygen atoms in total. The highest BCUT2D eigenvalue weighted by Gasteiger charge is 2.28. The molecule has 1 aliphatic rings. The molecular weight excluding hydrogens is 252 g/mol. The topological polar surface area (TPSA) is 65.1 Å². The first kappa shape index (κ1) is 12.9. The summed E-state index contributed by atoms with van der Waals surface area (Å²) in [5.41, 5.74) is 4.45. The maximum absolute atomic E-state index is 11.4. The Morgan fingerprint density at radius 3 is 2.90 bits per heavy atom. The van der Waals surface area contributed by atoms with Crippen LogP contribution in [0.5, 0.6) is 0 Å². The van der Waals surface area contributed by atoms with Crippen molar-refractivity contribution in [2.24, 2.45) is 0 Å². The van der Waals surface area contributed by atoms with Gasteiger partial charge in [0.1, 0.15) is 6.04 Å². The number of aromatic amines is 1. The van der Waals surface area contributed by atoms with E-state index in [0.717, 1.165) is 22.0 Å². The first-order valence-electron chi connectivity index (χ1n) is 6.79. The minimum Gasteiger partial charge on any atom is -0.480 e. The summed E-state index contributed by atoms with van der Waals surface area (Å²) in [4.78, 5) is 14.7. The van der Waals surface area contributed by atoms with E-state index in [4.69, 9.17) is 0 Å². The zero-order valence-corrected chi connectivity index (χ0v) is 11.6. The van der Waals surface area contributed by atoms with Crippen LogP contribution in [0.1, 0.15) is 31.0 Å². The van der Waals surface area contributed by atoms with E-state index in [9.17, 15) is 9.90 Å². The molecule has 0 fully saturated rings. The van der Waals surface area contributed by atoms with E-state index >= 15 is 0 Å². The van der Waals surface area contributed by atoms with Crippen LogP contribution in [0.3, 0.4) is 0 Å². The standard InChI is InChI=1S/C16H18N2O2/c1-9(2)6-13-11-4-3-5-12-15(11)10(8-17-12)7-14(18-13)16(19)20/h3-6,8,13-14,17-18H,7H2,1-2H3,(H,19,20). The summed E-state index contributed by atoms with van der Waals surface area (Å²) in [6.45, 7) is 4.06. The van der Waals surface area contributed by atoms with E-state index in [0.29, 0.717) is 6.42 Å². The molecule has 4 heteroatoms. The second-order valence-electron chi connectivity index (χ2n) is 5.57. The Morgan fingerprint density at radius 1 is 1.40 bits per heavy atom. The minimum atomic E-state index is -0.806. The van der Waals surface area contributed by atoms with Crippen LogP contribution >= 0.6 is 0 Å². The monoisotopic (exact) mass is 270 g/mol. The summed E-state index contributed by atoms with van der Waals surface area (Å²) in [7, 11) is 0. The highest BCUT2D eigenvalue weighted by Crippen LogP contribution is 2.32. The molecule has 0 amide bonds. The average molecular weight is 270 g/mol. The van der Waals surface area contributed by atoms with Crippen molar-refractivity contribution in [2.75, 3.05) is 0 Å². The Labute approximate surface area is 117 Å². The SMILES string of the molecule is CC(C)=CC1NC(C(=O)O)Cc2c[nH]c3cccc1c23. The molecule has 0 spiro atoms. The second kappa shape index (κ2) is 4.80. The maximum atomic E-state index is 11.4. The van der Waals surface area contributed by atoms with Crippen molar-refractivity contribution >= 4 is 16.9 Å². The predicted molar refractivity (Wildman–Crippen MR) is 78.7 cm³/mol. The minimum absolute atomic E-state index is 0.0677. The normalized spacial score (nSPS) is 21.5. The van der Waals surface area contributed by atoms with E-state index in [1.807, 2.05) is 32.2 Å². The molecule has 2 heterocycles. The lowest BCUT2D eigenvalue weighted by Crippen LogP contribution is -2.39. The van der Waals surface area contributed by atoms with Crippen LogP contribution in [0.15, 0.2) is 36.0 Å². The molecule has 1 aromatic carbocycles. The molecule has 0 saturated heterocycles. The molecule has 2 unspecified atom stereocenters. The number of H-pyrrole nitrogens is 1. The average Bonchev–Trinajstić information content (AvgIpc) is 2.72. The second-order valence-corrected chi connectivity index (χ2v) is 5.57. The smallest absolute Gasteiger partial charge is 0.321 e. The van der Waals surface area contributed by atoms with Crippen LogP contribution in [0, 0.1) is 0 Å². The van der Waals surface area contributed by atoms with E-state index in [1.54, 1.807) is 0 Å². The van der Waals surface area contributed by atoms with Gasteiger partial charge in [0.2, 0.25) is 0 Å². The lowest BCUT2D eigenvalue weighted by atomic mass is 9.99. The van der Waals surface area contributed by atoms with Gasteiger partial charge in [0.05, 0.1) is 6.04 Å². The number of carboxylic acids is 1. The molecule has 1 aromatic heterocycles. The number of carboxylic acid groups (broad SMARTS) is 1. The molecule has 2 atom stereocenters. The Balaban J connectivity index is 2.20. The number of carbonyl (C=O) groups is 1. The Hall–Kier alpha value is -2.07. The summed E-state index contributed by atoms with van der Waals surface area (Å²) < 4.78 is 0. The number of rotatable bonds is 2.